The molecule has 0 aromatic carbocycles. The molecule has 3 aliphatic carbocycles. The Balaban J connectivity index is 2.07. The highest BCUT2D eigenvalue weighted by Gasteiger charge is 2.62. The molecule has 0 amide bonds. The summed E-state index contributed by atoms with van der Waals surface area (Å²) in [5.41, 5.74) is 0.678. The zero-order valence-corrected chi connectivity index (χ0v) is 30.5. The van der Waals surface area contributed by atoms with Gasteiger partial charge in [-0.25, -0.2) is 0 Å². The van der Waals surface area contributed by atoms with Crippen LogP contribution in [-0.2, 0) is 19.1 Å². The Morgan fingerprint density at radius 1 is 1.11 bits per heavy atom. The lowest BCUT2D eigenvalue weighted by Crippen LogP contribution is -2.57. The SMILES string of the molecule is CCCCC(OCOC)[C@]1(CCC(C)(C)[C@]2(C)CC[C@H]3C(C)(C)C(=O)/C(=C\O)C[C@]3(C)/C2=C/C(C)=O)CCC(C)(C)CC1C. The average molecular weight is 615 g/mol. The second kappa shape index (κ2) is 13.3. The van der Waals surface area contributed by atoms with E-state index in [1.54, 1.807) is 14.0 Å². The second-order valence-corrected chi connectivity index (χ2v) is 17.5. The van der Waals surface area contributed by atoms with Crippen molar-refractivity contribution in [1.29, 1.82) is 0 Å². The maximum atomic E-state index is 13.4. The summed E-state index contributed by atoms with van der Waals surface area (Å²) in [6, 6.07) is 0. The van der Waals surface area contributed by atoms with Gasteiger partial charge in [0.1, 0.15) is 6.79 Å². The first-order chi connectivity index (χ1) is 20.3. The number of methoxy groups -OCH3 is 1. The van der Waals surface area contributed by atoms with Crippen molar-refractivity contribution in [3.05, 3.63) is 23.5 Å². The number of ether oxygens (including phenoxy) is 2. The fourth-order valence-corrected chi connectivity index (χ4v) is 10.3. The molecule has 6 atom stereocenters. The van der Waals surface area contributed by atoms with Gasteiger partial charge < -0.3 is 14.6 Å². The molecule has 0 heterocycles. The Hall–Kier alpha value is -1.46. The topological polar surface area (TPSA) is 72.8 Å². The summed E-state index contributed by atoms with van der Waals surface area (Å²) in [7, 11) is 1.72. The normalized spacial score (nSPS) is 36.3. The molecule has 1 N–H and O–H groups in total. The van der Waals surface area contributed by atoms with Gasteiger partial charge in [-0.15, -0.1) is 0 Å². The fourth-order valence-electron chi connectivity index (χ4n) is 10.3. The van der Waals surface area contributed by atoms with Gasteiger partial charge in [0, 0.05) is 18.1 Å². The number of aliphatic hydroxyl groups is 1. The third-order valence-corrected chi connectivity index (χ3v) is 13.4. The van der Waals surface area contributed by atoms with Crippen molar-refractivity contribution in [2.45, 2.75) is 153 Å². The van der Waals surface area contributed by atoms with Crippen LogP contribution in [0.1, 0.15) is 147 Å². The molecule has 0 aliphatic heterocycles. The number of hydrogen-bond acceptors (Lipinski definition) is 5. The van der Waals surface area contributed by atoms with Crippen LogP contribution in [0, 0.1) is 44.3 Å². The van der Waals surface area contributed by atoms with E-state index in [1.807, 2.05) is 19.9 Å². The minimum Gasteiger partial charge on any atom is -0.515 e. The van der Waals surface area contributed by atoms with Crippen molar-refractivity contribution in [2.75, 3.05) is 13.9 Å². The summed E-state index contributed by atoms with van der Waals surface area (Å²) in [6.45, 7) is 25.1. The van der Waals surface area contributed by atoms with Crippen LogP contribution in [0.4, 0.5) is 0 Å². The first-order valence-corrected chi connectivity index (χ1v) is 17.5. The molecule has 252 valence electrons. The van der Waals surface area contributed by atoms with Crippen LogP contribution in [-0.4, -0.2) is 36.7 Å². The summed E-state index contributed by atoms with van der Waals surface area (Å²) in [4.78, 5) is 26.4. The number of aliphatic hydroxyl groups excluding tert-OH is 1. The van der Waals surface area contributed by atoms with E-state index < -0.39 is 10.8 Å². The van der Waals surface area contributed by atoms with E-state index in [2.05, 4.69) is 55.4 Å². The zero-order chi connectivity index (χ0) is 33.4. The lowest BCUT2D eigenvalue weighted by atomic mass is 9.40. The van der Waals surface area contributed by atoms with Crippen LogP contribution < -0.4 is 0 Å². The van der Waals surface area contributed by atoms with Crippen molar-refractivity contribution < 1.29 is 24.2 Å². The monoisotopic (exact) mass is 614 g/mol. The molecule has 0 spiro atoms. The second-order valence-electron chi connectivity index (χ2n) is 17.5. The lowest BCUT2D eigenvalue weighted by Gasteiger charge is -2.63. The van der Waals surface area contributed by atoms with Gasteiger partial charge in [0.2, 0.25) is 0 Å². The number of carbonyl (C=O) groups is 2. The molecular weight excluding hydrogens is 548 g/mol. The molecule has 0 radical (unpaired) electrons. The summed E-state index contributed by atoms with van der Waals surface area (Å²) >= 11 is 0. The van der Waals surface area contributed by atoms with Gasteiger partial charge in [0.05, 0.1) is 12.4 Å². The Labute approximate surface area is 270 Å². The van der Waals surface area contributed by atoms with Gasteiger partial charge in [-0.1, -0.05) is 87.7 Å². The van der Waals surface area contributed by atoms with Crippen LogP contribution in [0.5, 0.6) is 0 Å². The highest BCUT2D eigenvalue weighted by atomic mass is 16.7. The number of Topliss-reactive ketones (excluding diaryl/α,β-unsaturated/α-hetero) is 1. The standard InChI is InChI=1S/C39H66O5/c1-13-14-15-32(44-26-43-12)39(20-18-34(4,5)23-27(39)2)21-19-35(6,7)38(11)17-16-30-36(8,9)33(42)29(25-40)24-37(30,10)31(38)22-28(3)41/h22,25,27,30,32,40H,13-21,23-24,26H2,1-12H3/b29-25-,31-22-/t27?,30-,32?,37-,38+,39-/m0/s1. The van der Waals surface area contributed by atoms with Gasteiger partial charge in [-0.05, 0) is 110 Å². The number of carbonyl (C=O) groups excluding carboxylic acids is 2. The van der Waals surface area contributed by atoms with E-state index in [0.717, 1.165) is 57.6 Å². The van der Waals surface area contributed by atoms with Crippen molar-refractivity contribution in [3.63, 3.8) is 0 Å². The average Bonchev–Trinajstić information content (AvgIpc) is 2.92. The van der Waals surface area contributed by atoms with E-state index in [4.69, 9.17) is 9.47 Å². The minimum absolute atomic E-state index is 0.0397. The van der Waals surface area contributed by atoms with Gasteiger partial charge in [-0.3, -0.25) is 9.59 Å². The number of rotatable bonds is 12. The Bertz CT molecular complexity index is 1100. The van der Waals surface area contributed by atoms with E-state index in [9.17, 15) is 14.7 Å². The minimum atomic E-state index is -0.609. The third kappa shape index (κ3) is 6.66. The molecule has 5 nitrogen and oxygen atoms in total. The maximum absolute atomic E-state index is 13.4. The summed E-state index contributed by atoms with van der Waals surface area (Å²) < 4.78 is 12.1. The van der Waals surface area contributed by atoms with Crippen LogP contribution in [0.15, 0.2) is 23.5 Å². The Morgan fingerprint density at radius 2 is 1.77 bits per heavy atom. The predicted molar refractivity (Wildman–Crippen MR) is 180 cm³/mol. The maximum Gasteiger partial charge on any atom is 0.167 e. The first kappa shape index (κ1) is 37.0. The van der Waals surface area contributed by atoms with Crippen molar-refractivity contribution >= 4 is 11.6 Å². The number of fused-ring (bicyclic) bond motifs is 1. The van der Waals surface area contributed by atoms with E-state index in [1.165, 1.54) is 18.4 Å². The Kier molecular flexibility index (Phi) is 11.2. The molecule has 5 heteroatoms. The van der Waals surface area contributed by atoms with Crippen molar-refractivity contribution in [3.8, 4) is 0 Å². The van der Waals surface area contributed by atoms with Gasteiger partial charge in [-0.2, -0.15) is 0 Å². The molecule has 44 heavy (non-hydrogen) atoms. The molecule has 2 unspecified atom stereocenters. The molecular formula is C39H66O5. The molecule has 3 aliphatic rings. The third-order valence-electron chi connectivity index (χ3n) is 13.4. The van der Waals surface area contributed by atoms with Crippen LogP contribution in [0.25, 0.3) is 0 Å². The molecule has 3 fully saturated rings. The predicted octanol–water partition coefficient (Wildman–Crippen LogP) is 10.2. The van der Waals surface area contributed by atoms with E-state index >= 15 is 0 Å². The number of allylic oxidation sites excluding steroid dienone is 3. The molecule has 0 aromatic heterocycles. The molecule has 0 aromatic rings. The highest BCUT2D eigenvalue weighted by molar-refractivity contribution is 6.01. The van der Waals surface area contributed by atoms with Gasteiger partial charge in [0.15, 0.2) is 11.6 Å². The summed E-state index contributed by atoms with van der Waals surface area (Å²) in [6.07, 6.45) is 14.4. The van der Waals surface area contributed by atoms with Gasteiger partial charge in [0.25, 0.3) is 0 Å². The zero-order valence-electron chi connectivity index (χ0n) is 30.5. The number of ketones is 2. The first-order valence-electron chi connectivity index (χ1n) is 17.5. The molecule has 3 rings (SSSR count). The van der Waals surface area contributed by atoms with Crippen molar-refractivity contribution in [1.82, 2.24) is 0 Å². The largest absolute Gasteiger partial charge is 0.515 e. The Morgan fingerprint density at radius 3 is 2.32 bits per heavy atom. The van der Waals surface area contributed by atoms with Crippen LogP contribution in [0.2, 0.25) is 0 Å². The van der Waals surface area contributed by atoms with Crippen LogP contribution >= 0.6 is 0 Å². The van der Waals surface area contributed by atoms with E-state index in [-0.39, 0.29) is 39.8 Å². The molecule has 0 bridgehead atoms. The smallest absolute Gasteiger partial charge is 0.167 e. The molecule has 3 saturated carbocycles. The molecule has 0 saturated heterocycles. The van der Waals surface area contributed by atoms with Crippen LogP contribution in [0.3, 0.4) is 0 Å². The van der Waals surface area contributed by atoms with Gasteiger partial charge >= 0.3 is 0 Å². The summed E-state index contributed by atoms with van der Waals surface area (Å²) in [5.74, 6) is 0.725. The number of hydrogen-bond donors (Lipinski definition) is 1. The lowest BCUT2D eigenvalue weighted by molar-refractivity contribution is -0.161. The highest BCUT2D eigenvalue weighted by Crippen LogP contribution is 2.69. The quantitative estimate of drug-likeness (QED) is 0.134. The van der Waals surface area contributed by atoms with E-state index in [0.29, 0.717) is 30.1 Å². The van der Waals surface area contributed by atoms with Crippen molar-refractivity contribution in [2.24, 2.45) is 44.3 Å². The summed E-state index contributed by atoms with van der Waals surface area (Å²) in [5, 5.41) is 10.2. The fraction of sp³-hybridized carbons (Fsp3) is 0.846. The number of unbranched alkanes of at least 4 members (excludes halogenated alkanes) is 1.